The Morgan fingerprint density at radius 2 is 1.67 bits per heavy atom. The SMILES string of the molecule is Cc1cccc(C(=O)O)c1NC(=O)c1cccc(Cl)c1Cl. The summed E-state index contributed by atoms with van der Waals surface area (Å²) in [5.74, 6) is -1.63. The van der Waals surface area contributed by atoms with Gasteiger partial charge >= 0.3 is 5.97 Å². The highest BCUT2D eigenvalue weighted by Crippen LogP contribution is 2.27. The molecule has 0 aliphatic rings. The Bertz CT molecular complexity index is 729. The molecule has 0 heterocycles. The molecule has 0 radical (unpaired) electrons. The first kappa shape index (κ1) is 15.4. The van der Waals surface area contributed by atoms with Crippen molar-refractivity contribution in [1.29, 1.82) is 0 Å². The first-order valence-electron chi connectivity index (χ1n) is 6.00. The van der Waals surface area contributed by atoms with E-state index in [0.29, 0.717) is 5.56 Å². The van der Waals surface area contributed by atoms with E-state index in [2.05, 4.69) is 5.32 Å². The number of anilines is 1. The van der Waals surface area contributed by atoms with E-state index >= 15 is 0 Å². The standard InChI is InChI=1S/C15H11Cl2NO3/c1-8-4-2-6-10(15(20)21)13(8)18-14(19)9-5-3-7-11(16)12(9)17/h2-7H,1H3,(H,18,19)(H,20,21). The molecule has 0 bridgehead atoms. The van der Waals surface area contributed by atoms with Gasteiger partial charge in [-0.1, -0.05) is 41.4 Å². The lowest BCUT2D eigenvalue weighted by Gasteiger charge is -2.12. The predicted molar refractivity (Wildman–Crippen MR) is 82.6 cm³/mol. The van der Waals surface area contributed by atoms with Gasteiger partial charge in [0.05, 0.1) is 26.9 Å². The molecule has 108 valence electrons. The summed E-state index contributed by atoms with van der Waals surface area (Å²) in [6, 6.07) is 9.42. The Morgan fingerprint density at radius 1 is 1.05 bits per heavy atom. The predicted octanol–water partition coefficient (Wildman–Crippen LogP) is 4.25. The Hall–Kier alpha value is -2.04. The zero-order valence-electron chi connectivity index (χ0n) is 11.0. The highest BCUT2D eigenvalue weighted by molar-refractivity contribution is 6.44. The minimum atomic E-state index is -1.12. The van der Waals surface area contributed by atoms with Crippen molar-refractivity contribution in [2.75, 3.05) is 5.32 Å². The molecule has 0 aromatic heterocycles. The fourth-order valence-corrected chi connectivity index (χ4v) is 2.26. The molecule has 2 N–H and O–H groups in total. The number of rotatable bonds is 3. The first-order chi connectivity index (χ1) is 9.91. The monoisotopic (exact) mass is 323 g/mol. The molecule has 2 aromatic carbocycles. The lowest BCUT2D eigenvalue weighted by molar-refractivity contribution is 0.0698. The van der Waals surface area contributed by atoms with E-state index in [1.807, 2.05) is 0 Å². The van der Waals surface area contributed by atoms with Crippen molar-refractivity contribution in [3.63, 3.8) is 0 Å². The molecule has 0 saturated carbocycles. The summed E-state index contributed by atoms with van der Waals surface area (Å²) in [6.07, 6.45) is 0. The highest BCUT2D eigenvalue weighted by atomic mass is 35.5. The van der Waals surface area contributed by atoms with Gasteiger partial charge in [-0.3, -0.25) is 4.79 Å². The molecule has 0 spiro atoms. The third-order valence-corrected chi connectivity index (χ3v) is 3.76. The van der Waals surface area contributed by atoms with Gasteiger partial charge in [-0.15, -0.1) is 0 Å². The number of hydrogen-bond acceptors (Lipinski definition) is 2. The van der Waals surface area contributed by atoms with Crippen LogP contribution in [-0.2, 0) is 0 Å². The van der Waals surface area contributed by atoms with Crippen LogP contribution in [0.2, 0.25) is 10.0 Å². The summed E-state index contributed by atoms with van der Waals surface area (Å²) in [5, 5.41) is 12.1. The van der Waals surface area contributed by atoms with Crippen LogP contribution >= 0.6 is 23.2 Å². The Labute approximate surface area is 131 Å². The van der Waals surface area contributed by atoms with Gasteiger partial charge in [-0.25, -0.2) is 4.79 Å². The average molecular weight is 324 g/mol. The second-order valence-electron chi connectivity index (χ2n) is 4.36. The van der Waals surface area contributed by atoms with Crippen LogP contribution in [0.4, 0.5) is 5.69 Å². The number of benzene rings is 2. The average Bonchev–Trinajstić information content (AvgIpc) is 2.43. The maximum Gasteiger partial charge on any atom is 0.337 e. The van der Waals surface area contributed by atoms with Gasteiger partial charge in [0.15, 0.2) is 0 Å². The van der Waals surface area contributed by atoms with Gasteiger partial charge in [0.25, 0.3) is 5.91 Å². The second-order valence-corrected chi connectivity index (χ2v) is 5.14. The largest absolute Gasteiger partial charge is 0.478 e. The van der Waals surface area contributed by atoms with Crippen molar-refractivity contribution < 1.29 is 14.7 Å². The Morgan fingerprint density at radius 3 is 2.33 bits per heavy atom. The number of halogens is 2. The number of para-hydroxylation sites is 1. The van der Waals surface area contributed by atoms with Gasteiger partial charge in [0.2, 0.25) is 0 Å². The van der Waals surface area contributed by atoms with E-state index in [1.54, 1.807) is 31.2 Å². The first-order valence-corrected chi connectivity index (χ1v) is 6.75. The Kier molecular flexibility index (Phi) is 4.50. The summed E-state index contributed by atoms with van der Waals surface area (Å²) in [5.41, 5.74) is 1.08. The van der Waals surface area contributed by atoms with Gasteiger partial charge in [0, 0.05) is 0 Å². The van der Waals surface area contributed by atoms with Gasteiger partial charge < -0.3 is 10.4 Å². The highest BCUT2D eigenvalue weighted by Gasteiger charge is 2.17. The van der Waals surface area contributed by atoms with Gasteiger partial charge in [0.1, 0.15) is 0 Å². The Balaban J connectivity index is 2.41. The molecule has 2 aromatic rings. The number of carbonyl (C=O) groups excluding carboxylic acids is 1. The van der Waals surface area contributed by atoms with Crippen molar-refractivity contribution in [3.8, 4) is 0 Å². The third kappa shape index (κ3) is 3.17. The molecule has 1 amide bonds. The summed E-state index contributed by atoms with van der Waals surface area (Å²) in [6.45, 7) is 1.71. The lowest BCUT2D eigenvalue weighted by Crippen LogP contribution is -2.16. The van der Waals surface area contributed by atoms with Gasteiger partial charge in [-0.05, 0) is 30.7 Å². The van der Waals surface area contributed by atoms with Crippen LogP contribution in [0.5, 0.6) is 0 Å². The van der Waals surface area contributed by atoms with Crippen LogP contribution in [0.15, 0.2) is 36.4 Å². The number of hydrogen-bond donors (Lipinski definition) is 2. The second kappa shape index (κ2) is 6.16. The van der Waals surface area contributed by atoms with Crippen LogP contribution in [0.25, 0.3) is 0 Å². The smallest absolute Gasteiger partial charge is 0.337 e. The van der Waals surface area contributed by atoms with Crippen molar-refractivity contribution in [2.45, 2.75) is 6.92 Å². The zero-order chi connectivity index (χ0) is 15.6. The van der Waals surface area contributed by atoms with Crippen LogP contribution < -0.4 is 5.32 Å². The molecule has 4 nitrogen and oxygen atoms in total. The molecule has 0 aliphatic carbocycles. The molecule has 0 unspecified atom stereocenters. The van der Waals surface area contributed by atoms with E-state index in [0.717, 1.165) is 0 Å². The van der Waals surface area contributed by atoms with Crippen molar-refractivity contribution in [2.24, 2.45) is 0 Å². The molecule has 0 atom stereocenters. The minimum Gasteiger partial charge on any atom is -0.478 e. The molecule has 21 heavy (non-hydrogen) atoms. The zero-order valence-corrected chi connectivity index (χ0v) is 12.5. The number of aryl methyl sites for hydroxylation is 1. The van der Waals surface area contributed by atoms with Crippen LogP contribution in [0.3, 0.4) is 0 Å². The van der Waals surface area contributed by atoms with E-state index in [1.165, 1.54) is 12.1 Å². The maximum absolute atomic E-state index is 12.3. The van der Waals surface area contributed by atoms with E-state index in [-0.39, 0.29) is 26.9 Å². The van der Waals surface area contributed by atoms with Crippen molar-refractivity contribution in [3.05, 3.63) is 63.1 Å². The lowest BCUT2D eigenvalue weighted by atomic mass is 10.1. The van der Waals surface area contributed by atoms with Crippen LogP contribution in [0.1, 0.15) is 26.3 Å². The molecule has 6 heteroatoms. The summed E-state index contributed by atoms with van der Waals surface area (Å²) in [4.78, 5) is 23.5. The number of carbonyl (C=O) groups is 2. The molecule has 2 rings (SSSR count). The van der Waals surface area contributed by atoms with E-state index < -0.39 is 11.9 Å². The van der Waals surface area contributed by atoms with E-state index in [4.69, 9.17) is 23.2 Å². The normalized spacial score (nSPS) is 10.2. The molecule has 0 fully saturated rings. The fraction of sp³-hybridized carbons (Fsp3) is 0.0667. The number of amides is 1. The van der Waals surface area contributed by atoms with Gasteiger partial charge in [-0.2, -0.15) is 0 Å². The van der Waals surface area contributed by atoms with Crippen LogP contribution in [0, 0.1) is 6.92 Å². The molecule has 0 aliphatic heterocycles. The molecule has 0 saturated heterocycles. The maximum atomic E-state index is 12.3. The molecular formula is C15H11Cl2NO3. The third-order valence-electron chi connectivity index (χ3n) is 2.94. The van der Waals surface area contributed by atoms with Crippen molar-refractivity contribution >= 4 is 40.8 Å². The number of carboxylic acid groups (broad SMARTS) is 1. The topological polar surface area (TPSA) is 66.4 Å². The quantitative estimate of drug-likeness (QED) is 0.887. The number of carboxylic acids is 1. The number of nitrogens with one attached hydrogen (secondary N) is 1. The number of aromatic carboxylic acids is 1. The fourth-order valence-electron chi connectivity index (χ4n) is 1.87. The van der Waals surface area contributed by atoms with Crippen molar-refractivity contribution in [1.82, 2.24) is 0 Å². The summed E-state index contributed by atoms with van der Waals surface area (Å²) < 4.78 is 0. The molecular weight excluding hydrogens is 313 g/mol. The summed E-state index contributed by atoms with van der Waals surface area (Å²) in [7, 11) is 0. The van der Waals surface area contributed by atoms with Crippen LogP contribution in [-0.4, -0.2) is 17.0 Å². The minimum absolute atomic E-state index is 0.0153. The summed E-state index contributed by atoms with van der Waals surface area (Å²) >= 11 is 11.9. The van der Waals surface area contributed by atoms with E-state index in [9.17, 15) is 14.7 Å².